The predicted molar refractivity (Wildman–Crippen MR) is 87.5 cm³/mol. The van der Waals surface area contributed by atoms with Crippen LogP contribution in [-0.2, 0) is 5.41 Å². The molecule has 2 nitrogen and oxygen atoms in total. The zero-order valence-corrected chi connectivity index (χ0v) is 13.2. The topological polar surface area (TPSA) is 22.1 Å². The Morgan fingerprint density at radius 3 is 2.64 bits per heavy atom. The fraction of sp³-hybridized carbons (Fsp3) is 0.316. The second kappa shape index (κ2) is 5.24. The Bertz CT molecular complexity index is 736. The molecule has 2 heterocycles. The van der Waals surface area contributed by atoms with Crippen LogP contribution in [0.3, 0.4) is 0 Å². The van der Waals surface area contributed by atoms with Crippen LogP contribution in [0.15, 0.2) is 36.9 Å². The summed E-state index contributed by atoms with van der Waals surface area (Å²) >= 11 is 0. The summed E-state index contributed by atoms with van der Waals surface area (Å²) in [4.78, 5) is 4.70. The minimum Gasteiger partial charge on any atom is -0.490 e. The SMILES string of the molecule is C=C(C)c1cc2c(c(-c3ccc(F)cc3)n1)OCC2(C)CC. The number of halogens is 1. The van der Waals surface area contributed by atoms with Crippen LogP contribution in [0.1, 0.15) is 38.4 Å². The molecule has 1 aromatic heterocycles. The number of allylic oxidation sites excluding steroid dienone is 1. The van der Waals surface area contributed by atoms with Crippen LogP contribution in [-0.4, -0.2) is 11.6 Å². The van der Waals surface area contributed by atoms with Crippen molar-refractivity contribution in [3.63, 3.8) is 0 Å². The summed E-state index contributed by atoms with van der Waals surface area (Å²) in [7, 11) is 0. The van der Waals surface area contributed by atoms with Crippen molar-refractivity contribution in [1.82, 2.24) is 4.98 Å². The highest BCUT2D eigenvalue weighted by Crippen LogP contribution is 2.46. The smallest absolute Gasteiger partial charge is 0.149 e. The Hall–Kier alpha value is -2.16. The summed E-state index contributed by atoms with van der Waals surface area (Å²) in [5.74, 6) is 0.566. The van der Waals surface area contributed by atoms with Crippen molar-refractivity contribution >= 4 is 5.57 Å². The van der Waals surface area contributed by atoms with Gasteiger partial charge in [-0.15, -0.1) is 0 Å². The first kappa shape index (κ1) is 14.8. The normalized spacial score (nSPS) is 19.6. The molecular weight excluding hydrogens is 277 g/mol. The third-order valence-electron chi connectivity index (χ3n) is 4.49. The maximum Gasteiger partial charge on any atom is 0.149 e. The molecule has 1 unspecified atom stereocenters. The van der Waals surface area contributed by atoms with Crippen molar-refractivity contribution < 1.29 is 9.13 Å². The van der Waals surface area contributed by atoms with Gasteiger partial charge in [0.05, 0.1) is 12.3 Å². The molecule has 0 saturated heterocycles. The van der Waals surface area contributed by atoms with Gasteiger partial charge in [-0.3, -0.25) is 0 Å². The van der Waals surface area contributed by atoms with Crippen LogP contribution < -0.4 is 4.74 Å². The average molecular weight is 297 g/mol. The summed E-state index contributed by atoms with van der Waals surface area (Å²) < 4.78 is 19.2. The number of rotatable bonds is 3. The summed E-state index contributed by atoms with van der Waals surface area (Å²) in [6, 6.07) is 8.47. The Balaban J connectivity index is 2.24. The number of hydrogen-bond donors (Lipinski definition) is 0. The fourth-order valence-corrected chi connectivity index (χ4v) is 2.75. The molecule has 0 bridgehead atoms. The van der Waals surface area contributed by atoms with Crippen molar-refractivity contribution in [3.05, 3.63) is 54.0 Å². The first-order valence-electron chi connectivity index (χ1n) is 7.55. The molecule has 0 saturated carbocycles. The Labute approximate surface area is 130 Å². The third kappa shape index (κ3) is 2.31. The van der Waals surface area contributed by atoms with Gasteiger partial charge in [0.1, 0.15) is 17.3 Å². The first-order chi connectivity index (χ1) is 10.4. The molecule has 0 amide bonds. The van der Waals surface area contributed by atoms with E-state index in [-0.39, 0.29) is 11.2 Å². The molecule has 1 aromatic carbocycles. The molecule has 0 N–H and O–H groups in total. The van der Waals surface area contributed by atoms with Crippen LogP contribution in [0.5, 0.6) is 5.75 Å². The molecule has 1 aliphatic rings. The molecule has 2 aromatic rings. The number of aromatic nitrogens is 1. The summed E-state index contributed by atoms with van der Waals surface area (Å²) in [5, 5.41) is 0. The van der Waals surface area contributed by atoms with E-state index in [1.165, 1.54) is 17.7 Å². The van der Waals surface area contributed by atoms with Crippen molar-refractivity contribution in [2.75, 3.05) is 6.61 Å². The Morgan fingerprint density at radius 2 is 2.05 bits per heavy atom. The van der Waals surface area contributed by atoms with Gasteiger partial charge in [0.2, 0.25) is 0 Å². The lowest BCUT2D eigenvalue weighted by molar-refractivity contribution is 0.273. The van der Waals surface area contributed by atoms with E-state index in [4.69, 9.17) is 9.72 Å². The highest BCUT2D eigenvalue weighted by atomic mass is 19.1. The molecule has 3 rings (SSSR count). The maximum absolute atomic E-state index is 13.2. The van der Waals surface area contributed by atoms with Gasteiger partial charge in [-0.05, 0) is 49.2 Å². The van der Waals surface area contributed by atoms with E-state index in [1.807, 2.05) is 6.92 Å². The molecule has 1 atom stereocenters. The van der Waals surface area contributed by atoms with Crippen LogP contribution in [0.4, 0.5) is 4.39 Å². The van der Waals surface area contributed by atoms with E-state index >= 15 is 0 Å². The number of benzene rings is 1. The van der Waals surface area contributed by atoms with Crippen molar-refractivity contribution in [2.24, 2.45) is 0 Å². The molecule has 1 aliphatic heterocycles. The minimum atomic E-state index is -0.254. The second-order valence-corrected chi connectivity index (χ2v) is 6.22. The summed E-state index contributed by atoms with van der Waals surface area (Å²) in [6.07, 6.45) is 0.989. The van der Waals surface area contributed by atoms with E-state index in [9.17, 15) is 4.39 Å². The van der Waals surface area contributed by atoms with Crippen molar-refractivity contribution in [3.8, 4) is 17.0 Å². The summed E-state index contributed by atoms with van der Waals surface area (Å²) in [5.41, 5.74) is 4.56. The Kier molecular flexibility index (Phi) is 3.51. The zero-order valence-electron chi connectivity index (χ0n) is 13.2. The lowest BCUT2D eigenvalue weighted by Gasteiger charge is -2.20. The summed E-state index contributed by atoms with van der Waals surface area (Å²) in [6.45, 7) is 11.0. The third-order valence-corrected chi connectivity index (χ3v) is 4.49. The molecule has 0 radical (unpaired) electrons. The molecule has 0 spiro atoms. The van der Waals surface area contributed by atoms with Crippen LogP contribution in [0.2, 0.25) is 0 Å². The number of ether oxygens (including phenoxy) is 1. The second-order valence-electron chi connectivity index (χ2n) is 6.22. The first-order valence-corrected chi connectivity index (χ1v) is 7.55. The molecule has 0 fully saturated rings. The van der Waals surface area contributed by atoms with E-state index in [0.717, 1.165) is 34.7 Å². The van der Waals surface area contributed by atoms with Gasteiger partial charge >= 0.3 is 0 Å². The lowest BCUT2D eigenvalue weighted by atomic mass is 9.81. The van der Waals surface area contributed by atoms with E-state index < -0.39 is 0 Å². The average Bonchev–Trinajstić information content (AvgIpc) is 2.85. The van der Waals surface area contributed by atoms with Crippen LogP contribution >= 0.6 is 0 Å². The molecule has 22 heavy (non-hydrogen) atoms. The van der Waals surface area contributed by atoms with Crippen molar-refractivity contribution in [2.45, 2.75) is 32.6 Å². The minimum absolute atomic E-state index is 0.0166. The molecule has 0 aliphatic carbocycles. The van der Waals surface area contributed by atoms with E-state index in [1.54, 1.807) is 12.1 Å². The number of pyridine rings is 1. The van der Waals surface area contributed by atoms with Gasteiger partial charge in [0.25, 0.3) is 0 Å². The largest absolute Gasteiger partial charge is 0.490 e. The quantitative estimate of drug-likeness (QED) is 0.797. The lowest BCUT2D eigenvalue weighted by Crippen LogP contribution is -2.22. The number of nitrogens with zero attached hydrogens (tertiary/aromatic N) is 1. The number of hydrogen-bond acceptors (Lipinski definition) is 2. The van der Waals surface area contributed by atoms with Gasteiger partial charge < -0.3 is 4.74 Å². The van der Waals surface area contributed by atoms with Gasteiger partial charge in [-0.25, -0.2) is 9.37 Å². The highest BCUT2D eigenvalue weighted by molar-refractivity contribution is 5.73. The van der Waals surface area contributed by atoms with Gasteiger partial charge in [-0.1, -0.05) is 20.4 Å². The Morgan fingerprint density at radius 1 is 1.36 bits per heavy atom. The van der Waals surface area contributed by atoms with Crippen LogP contribution in [0.25, 0.3) is 16.8 Å². The van der Waals surface area contributed by atoms with Gasteiger partial charge in [0, 0.05) is 16.5 Å². The van der Waals surface area contributed by atoms with Crippen LogP contribution in [0, 0.1) is 5.82 Å². The monoisotopic (exact) mass is 297 g/mol. The van der Waals surface area contributed by atoms with Crippen molar-refractivity contribution in [1.29, 1.82) is 0 Å². The van der Waals surface area contributed by atoms with E-state index in [2.05, 4.69) is 26.5 Å². The predicted octanol–water partition coefficient (Wildman–Crippen LogP) is 4.98. The van der Waals surface area contributed by atoms with E-state index in [0.29, 0.717) is 6.61 Å². The molecule has 114 valence electrons. The van der Waals surface area contributed by atoms with Gasteiger partial charge in [-0.2, -0.15) is 0 Å². The maximum atomic E-state index is 13.2. The standard InChI is InChI=1S/C19H20FNO/c1-5-19(4)11-22-18-15(19)10-16(12(2)3)21-17(18)13-6-8-14(20)9-7-13/h6-10H,2,5,11H2,1,3-4H3. The highest BCUT2D eigenvalue weighted by Gasteiger charge is 2.37. The van der Waals surface area contributed by atoms with Gasteiger partial charge in [0.15, 0.2) is 0 Å². The fourth-order valence-electron chi connectivity index (χ4n) is 2.75. The molecule has 3 heteroatoms. The zero-order chi connectivity index (χ0) is 15.9. The number of fused-ring (bicyclic) bond motifs is 1. The molecular formula is C19H20FNO.